The van der Waals surface area contributed by atoms with E-state index in [1.165, 1.54) is 5.56 Å². The lowest BCUT2D eigenvalue weighted by atomic mass is 10.2. The first-order valence-corrected chi connectivity index (χ1v) is 5.67. The summed E-state index contributed by atoms with van der Waals surface area (Å²) in [5, 5.41) is 0. The lowest BCUT2D eigenvalue weighted by Crippen LogP contribution is -2.24. The zero-order valence-electron chi connectivity index (χ0n) is 10.7. The standard InChI is InChI=1S/C14H19NO2/c1-5-17-14(16)12(3)10-15(4)13-8-6-11(2)7-9-13/h6-9H,3,5,10H2,1-2,4H3. The van der Waals surface area contributed by atoms with Crippen molar-refractivity contribution in [1.82, 2.24) is 0 Å². The quantitative estimate of drug-likeness (QED) is 0.578. The van der Waals surface area contributed by atoms with Crippen molar-refractivity contribution < 1.29 is 9.53 Å². The van der Waals surface area contributed by atoms with E-state index in [2.05, 4.69) is 6.58 Å². The number of hydrogen-bond acceptors (Lipinski definition) is 3. The van der Waals surface area contributed by atoms with Gasteiger partial charge in [0, 0.05) is 24.9 Å². The molecule has 1 rings (SSSR count). The van der Waals surface area contributed by atoms with Gasteiger partial charge < -0.3 is 9.64 Å². The Hall–Kier alpha value is -1.77. The molecule has 0 atom stereocenters. The van der Waals surface area contributed by atoms with Crippen LogP contribution in [0.3, 0.4) is 0 Å². The molecule has 0 bridgehead atoms. The minimum absolute atomic E-state index is 0.327. The summed E-state index contributed by atoms with van der Waals surface area (Å²) < 4.78 is 4.89. The van der Waals surface area contributed by atoms with Crippen LogP contribution in [0.2, 0.25) is 0 Å². The predicted octanol–water partition coefficient (Wildman–Crippen LogP) is 2.55. The monoisotopic (exact) mass is 233 g/mol. The minimum atomic E-state index is -0.327. The molecule has 0 aliphatic carbocycles. The highest BCUT2D eigenvalue weighted by Gasteiger charge is 2.10. The Morgan fingerprint density at radius 3 is 2.47 bits per heavy atom. The number of rotatable bonds is 5. The van der Waals surface area contributed by atoms with Crippen LogP contribution in [-0.4, -0.2) is 26.2 Å². The van der Waals surface area contributed by atoms with Crippen LogP contribution >= 0.6 is 0 Å². The van der Waals surface area contributed by atoms with Gasteiger partial charge in [0.25, 0.3) is 0 Å². The predicted molar refractivity (Wildman–Crippen MR) is 70.2 cm³/mol. The molecular weight excluding hydrogens is 214 g/mol. The number of anilines is 1. The second-order valence-corrected chi connectivity index (χ2v) is 4.02. The van der Waals surface area contributed by atoms with Crippen LogP contribution in [0, 0.1) is 6.92 Å². The van der Waals surface area contributed by atoms with E-state index < -0.39 is 0 Å². The summed E-state index contributed by atoms with van der Waals surface area (Å²) >= 11 is 0. The van der Waals surface area contributed by atoms with E-state index in [9.17, 15) is 4.79 Å². The van der Waals surface area contributed by atoms with Crippen molar-refractivity contribution in [2.45, 2.75) is 13.8 Å². The molecule has 0 N–H and O–H groups in total. The average molecular weight is 233 g/mol. The fraction of sp³-hybridized carbons (Fsp3) is 0.357. The van der Waals surface area contributed by atoms with Gasteiger partial charge in [-0.25, -0.2) is 4.79 Å². The molecule has 0 saturated carbocycles. The third-order valence-corrected chi connectivity index (χ3v) is 2.47. The molecule has 17 heavy (non-hydrogen) atoms. The number of likely N-dealkylation sites (N-methyl/N-ethyl adjacent to an activating group) is 1. The maximum Gasteiger partial charge on any atom is 0.335 e. The number of benzene rings is 1. The summed E-state index contributed by atoms with van der Waals surface area (Å²) in [6, 6.07) is 8.12. The number of carbonyl (C=O) groups is 1. The summed E-state index contributed by atoms with van der Waals surface area (Å²) in [6.07, 6.45) is 0. The van der Waals surface area contributed by atoms with Crippen LogP contribution in [0.4, 0.5) is 5.69 Å². The molecule has 1 aromatic carbocycles. The SMILES string of the molecule is C=C(CN(C)c1ccc(C)cc1)C(=O)OCC. The van der Waals surface area contributed by atoms with E-state index in [0.717, 1.165) is 5.69 Å². The molecule has 0 amide bonds. The van der Waals surface area contributed by atoms with Crippen molar-refractivity contribution >= 4 is 11.7 Å². The highest BCUT2D eigenvalue weighted by atomic mass is 16.5. The Kier molecular flexibility index (Phi) is 4.76. The first kappa shape index (κ1) is 13.3. The Morgan fingerprint density at radius 2 is 1.94 bits per heavy atom. The molecule has 3 heteroatoms. The summed E-state index contributed by atoms with van der Waals surface area (Å²) in [4.78, 5) is 13.4. The molecule has 1 aromatic rings. The van der Waals surface area contributed by atoms with Gasteiger partial charge in [-0.1, -0.05) is 24.3 Å². The largest absolute Gasteiger partial charge is 0.463 e. The lowest BCUT2D eigenvalue weighted by molar-refractivity contribution is -0.138. The number of hydrogen-bond donors (Lipinski definition) is 0. The van der Waals surface area contributed by atoms with Crippen molar-refractivity contribution in [3.63, 3.8) is 0 Å². The molecule has 0 aromatic heterocycles. The van der Waals surface area contributed by atoms with Gasteiger partial charge >= 0.3 is 5.97 Å². The molecular formula is C14H19NO2. The summed E-state index contributed by atoms with van der Waals surface area (Å²) in [5.41, 5.74) is 2.74. The van der Waals surface area contributed by atoms with Crippen molar-refractivity contribution in [2.75, 3.05) is 25.1 Å². The van der Waals surface area contributed by atoms with Gasteiger partial charge in [0.15, 0.2) is 0 Å². The van der Waals surface area contributed by atoms with Crippen LogP contribution in [0.15, 0.2) is 36.4 Å². The van der Waals surface area contributed by atoms with Crippen molar-refractivity contribution in [2.24, 2.45) is 0 Å². The molecule has 0 heterocycles. The van der Waals surface area contributed by atoms with Gasteiger partial charge in [-0.15, -0.1) is 0 Å². The summed E-state index contributed by atoms with van der Waals surface area (Å²) in [7, 11) is 1.93. The molecule has 92 valence electrons. The third-order valence-electron chi connectivity index (χ3n) is 2.47. The highest BCUT2D eigenvalue weighted by Crippen LogP contribution is 2.14. The Labute approximate surface area is 103 Å². The zero-order chi connectivity index (χ0) is 12.8. The minimum Gasteiger partial charge on any atom is -0.463 e. The van der Waals surface area contributed by atoms with Gasteiger partial charge in [0.2, 0.25) is 0 Å². The fourth-order valence-corrected chi connectivity index (χ4v) is 1.47. The molecule has 0 spiro atoms. The van der Waals surface area contributed by atoms with Crippen molar-refractivity contribution in [3.8, 4) is 0 Å². The van der Waals surface area contributed by atoms with Crippen LogP contribution in [0.5, 0.6) is 0 Å². The normalized spacial score (nSPS) is 9.82. The molecule has 0 aliphatic rings. The summed E-state index contributed by atoms with van der Waals surface area (Å²) in [5.74, 6) is -0.327. The first-order valence-electron chi connectivity index (χ1n) is 5.67. The molecule has 0 fully saturated rings. The topological polar surface area (TPSA) is 29.5 Å². The van der Waals surface area contributed by atoms with Gasteiger partial charge in [-0.3, -0.25) is 0 Å². The molecule has 0 saturated heterocycles. The van der Waals surface area contributed by atoms with Gasteiger partial charge in [0.1, 0.15) is 0 Å². The Morgan fingerprint density at radius 1 is 1.35 bits per heavy atom. The second-order valence-electron chi connectivity index (χ2n) is 4.02. The van der Waals surface area contributed by atoms with Gasteiger partial charge in [-0.05, 0) is 26.0 Å². The third kappa shape index (κ3) is 3.94. The van der Waals surface area contributed by atoms with E-state index in [1.807, 2.05) is 43.1 Å². The molecule has 0 aliphatic heterocycles. The number of ether oxygens (including phenoxy) is 1. The van der Waals surface area contributed by atoms with Gasteiger partial charge in [-0.2, -0.15) is 0 Å². The maximum absolute atomic E-state index is 11.4. The molecule has 0 radical (unpaired) electrons. The Balaban J connectivity index is 2.60. The van der Waals surface area contributed by atoms with E-state index in [4.69, 9.17) is 4.74 Å². The van der Waals surface area contributed by atoms with Crippen molar-refractivity contribution in [1.29, 1.82) is 0 Å². The van der Waals surface area contributed by atoms with Crippen molar-refractivity contribution in [3.05, 3.63) is 42.0 Å². The average Bonchev–Trinajstić information content (AvgIpc) is 2.30. The highest BCUT2D eigenvalue weighted by molar-refractivity contribution is 5.88. The Bertz CT molecular complexity index is 395. The molecule has 3 nitrogen and oxygen atoms in total. The van der Waals surface area contributed by atoms with Crippen LogP contribution < -0.4 is 4.90 Å². The molecule has 0 unspecified atom stereocenters. The second kappa shape index (κ2) is 6.09. The lowest BCUT2D eigenvalue weighted by Gasteiger charge is -2.20. The van der Waals surface area contributed by atoms with E-state index >= 15 is 0 Å². The number of nitrogens with zero attached hydrogens (tertiary/aromatic N) is 1. The van der Waals surface area contributed by atoms with E-state index in [-0.39, 0.29) is 5.97 Å². The van der Waals surface area contributed by atoms with Crippen LogP contribution in [-0.2, 0) is 9.53 Å². The number of esters is 1. The summed E-state index contributed by atoms with van der Waals surface area (Å²) in [6.45, 7) is 8.42. The van der Waals surface area contributed by atoms with Crippen LogP contribution in [0.1, 0.15) is 12.5 Å². The van der Waals surface area contributed by atoms with E-state index in [1.54, 1.807) is 6.92 Å². The zero-order valence-corrected chi connectivity index (χ0v) is 10.7. The number of aryl methyl sites for hydroxylation is 1. The van der Waals surface area contributed by atoms with E-state index in [0.29, 0.717) is 18.7 Å². The fourth-order valence-electron chi connectivity index (χ4n) is 1.47. The smallest absolute Gasteiger partial charge is 0.335 e. The maximum atomic E-state index is 11.4. The first-order chi connectivity index (χ1) is 8.04. The number of carbonyl (C=O) groups excluding carboxylic acids is 1. The van der Waals surface area contributed by atoms with Crippen LogP contribution in [0.25, 0.3) is 0 Å². The van der Waals surface area contributed by atoms with Gasteiger partial charge in [0.05, 0.1) is 6.61 Å².